The molecule has 0 unspecified atom stereocenters. The van der Waals surface area contributed by atoms with Crippen LogP contribution in [0.25, 0.3) is 0 Å². The molecule has 0 aliphatic rings. The molecule has 1 amide bonds. The van der Waals surface area contributed by atoms with Crippen molar-refractivity contribution in [1.82, 2.24) is 4.98 Å². The first-order chi connectivity index (χ1) is 15.8. The van der Waals surface area contributed by atoms with Gasteiger partial charge in [-0.1, -0.05) is 6.07 Å². The molecule has 9 heteroatoms. The molecule has 8 nitrogen and oxygen atoms in total. The van der Waals surface area contributed by atoms with E-state index in [1.807, 2.05) is 25.3 Å². The van der Waals surface area contributed by atoms with E-state index in [1.54, 1.807) is 36.6 Å². The number of carboxylic acid groups (broad SMARTS) is 1. The summed E-state index contributed by atoms with van der Waals surface area (Å²) in [6, 6.07) is 11.9. The van der Waals surface area contributed by atoms with Crippen LogP contribution in [0, 0.1) is 0 Å². The summed E-state index contributed by atoms with van der Waals surface area (Å²) in [7, 11) is 1.59. The van der Waals surface area contributed by atoms with E-state index in [0.29, 0.717) is 23.7 Å². The number of carboxylic acids is 1. The Morgan fingerprint density at radius 2 is 1.79 bits per heavy atom. The van der Waals surface area contributed by atoms with E-state index in [9.17, 15) is 9.59 Å². The summed E-state index contributed by atoms with van der Waals surface area (Å²) in [5, 5.41) is 13.7. The van der Waals surface area contributed by atoms with Crippen LogP contribution in [0.3, 0.4) is 0 Å². The fraction of sp³-hybridized carbons (Fsp3) is 0.292. The summed E-state index contributed by atoms with van der Waals surface area (Å²) in [6.07, 6.45) is 1.58. The highest BCUT2D eigenvalue weighted by molar-refractivity contribution is 7.09. The number of carbonyl (C=O) groups excluding carboxylic acids is 1. The number of hydrogen-bond acceptors (Lipinski definition) is 7. The molecule has 0 spiro atoms. The zero-order valence-electron chi connectivity index (χ0n) is 18.6. The number of aromatic nitrogens is 1. The number of nitrogens with zero attached hydrogens (tertiary/aromatic N) is 1. The van der Waals surface area contributed by atoms with Gasteiger partial charge >= 0.3 is 5.97 Å². The predicted molar refractivity (Wildman–Crippen MR) is 126 cm³/mol. The van der Waals surface area contributed by atoms with Crippen LogP contribution < -0.4 is 14.8 Å². The molecule has 1 aromatic carbocycles. The van der Waals surface area contributed by atoms with Gasteiger partial charge in [0.2, 0.25) is 0 Å². The Kier molecular flexibility index (Phi) is 8.39. The maximum absolute atomic E-state index is 12.9. The molecular formula is C24H26N2O6S. The number of thiophene rings is 1. The zero-order valence-corrected chi connectivity index (χ0v) is 19.4. The number of ether oxygens (including phenoxy) is 3. The van der Waals surface area contributed by atoms with E-state index < -0.39 is 11.9 Å². The summed E-state index contributed by atoms with van der Waals surface area (Å²) < 4.78 is 17.1. The monoisotopic (exact) mass is 470 g/mol. The van der Waals surface area contributed by atoms with Gasteiger partial charge < -0.3 is 24.6 Å². The number of nitrogens with one attached hydrogen (secondary N) is 1. The number of pyridine rings is 1. The summed E-state index contributed by atoms with van der Waals surface area (Å²) >= 11 is 1.66. The molecule has 3 rings (SSSR count). The maximum atomic E-state index is 12.9. The molecular weight excluding hydrogens is 444 g/mol. The van der Waals surface area contributed by atoms with Gasteiger partial charge in [-0.2, -0.15) is 0 Å². The normalized spacial score (nSPS) is 12.6. The molecule has 3 aromatic rings. The molecule has 33 heavy (non-hydrogen) atoms. The molecule has 174 valence electrons. The third kappa shape index (κ3) is 7.30. The second kappa shape index (κ2) is 11.4. The summed E-state index contributed by atoms with van der Waals surface area (Å²) in [6.45, 7) is 4.22. The predicted octanol–water partition coefficient (Wildman–Crippen LogP) is 4.52. The van der Waals surface area contributed by atoms with Crippen LogP contribution in [0.15, 0.2) is 54.0 Å². The first-order valence-electron chi connectivity index (χ1n) is 10.3. The lowest BCUT2D eigenvalue weighted by Crippen LogP contribution is -2.19. The Bertz CT molecular complexity index is 1070. The number of anilines is 1. The Hall–Kier alpha value is -3.43. The van der Waals surface area contributed by atoms with Crippen molar-refractivity contribution in [2.45, 2.75) is 32.5 Å². The first kappa shape index (κ1) is 24.2. The van der Waals surface area contributed by atoms with Crippen LogP contribution in [-0.4, -0.2) is 47.9 Å². The Labute approximate surface area is 196 Å². The van der Waals surface area contributed by atoms with E-state index in [-0.39, 0.29) is 23.6 Å². The van der Waals surface area contributed by atoms with Crippen LogP contribution in [-0.2, 0) is 11.2 Å². The molecule has 2 N–H and O–H groups in total. The smallest absolute Gasteiger partial charge is 0.337 e. The lowest BCUT2D eigenvalue weighted by molar-refractivity contribution is 0.0696. The van der Waals surface area contributed by atoms with Crippen molar-refractivity contribution in [3.8, 4) is 11.5 Å². The Morgan fingerprint density at radius 1 is 1.06 bits per heavy atom. The maximum Gasteiger partial charge on any atom is 0.337 e. The molecule has 0 radical (unpaired) electrons. The van der Waals surface area contributed by atoms with E-state index in [4.69, 9.17) is 19.3 Å². The Balaban J connectivity index is 1.79. The second-order valence-electron chi connectivity index (χ2n) is 7.48. The zero-order chi connectivity index (χ0) is 23.8. The van der Waals surface area contributed by atoms with E-state index in [2.05, 4.69) is 16.4 Å². The molecule has 0 saturated carbocycles. The number of methoxy groups -OCH3 is 1. The number of aromatic carboxylic acids is 1. The average Bonchev–Trinajstić information content (AvgIpc) is 3.26. The first-order valence-corrected chi connectivity index (χ1v) is 11.2. The number of benzene rings is 1. The summed E-state index contributed by atoms with van der Waals surface area (Å²) in [4.78, 5) is 29.1. The van der Waals surface area contributed by atoms with Crippen LogP contribution in [0.5, 0.6) is 11.5 Å². The van der Waals surface area contributed by atoms with Crippen molar-refractivity contribution < 1.29 is 28.9 Å². The van der Waals surface area contributed by atoms with Gasteiger partial charge in [0.25, 0.3) is 5.91 Å². The molecule has 2 aromatic heterocycles. The molecule has 2 atom stereocenters. The molecule has 0 aliphatic carbocycles. The highest BCUT2D eigenvalue weighted by Crippen LogP contribution is 2.26. The highest BCUT2D eigenvalue weighted by Gasteiger charge is 2.15. The van der Waals surface area contributed by atoms with Gasteiger partial charge in [-0.3, -0.25) is 4.79 Å². The fourth-order valence-corrected chi connectivity index (χ4v) is 3.93. The van der Waals surface area contributed by atoms with Crippen LogP contribution in [0.1, 0.15) is 39.4 Å². The van der Waals surface area contributed by atoms with Gasteiger partial charge in [0, 0.05) is 36.2 Å². The van der Waals surface area contributed by atoms with Gasteiger partial charge in [0.05, 0.1) is 12.2 Å². The lowest BCUT2D eigenvalue weighted by Gasteiger charge is -2.18. The molecule has 2 heterocycles. The quantitative estimate of drug-likeness (QED) is 0.424. The van der Waals surface area contributed by atoms with Crippen LogP contribution in [0.2, 0.25) is 0 Å². The van der Waals surface area contributed by atoms with Gasteiger partial charge in [-0.15, -0.1) is 11.3 Å². The standard InChI is InChI=1S/C24H26N2O6S/c1-15(9-21-5-4-8-33-21)31-19-10-18(11-20(12-19)32-16(2)14-30-3)23(27)26-22-7-6-17(13-25-22)24(28)29/h4-8,10-13,15-16H,9,14H2,1-3H3,(H,28,29)(H,25,26,27)/t15-,16-/m0/s1. The third-order valence-corrected chi connectivity index (χ3v) is 5.44. The minimum absolute atomic E-state index is 0.0333. The SMILES string of the molecule is COC[C@H](C)Oc1cc(O[C@@H](C)Cc2cccs2)cc(C(=O)Nc2ccc(C(=O)O)cn2)c1. The van der Waals surface area contributed by atoms with Gasteiger partial charge in [-0.05, 0) is 49.6 Å². The van der Waals surface area contributed by atoms with Crippen LogP contribution >= 0.6 is 11.3 Å². The third-order valence-electron chi connectivity index (χ3n) is 4.54. The molecule has 0 bridgehead atoms. The van der Waals surface area contributed by atoms with Crippen molar-refractivity contribution in [1.29, 1.82) is 0 Å². The minimum Gasteiger partial charge on any atom is -0.490 e. The van der Waals surface area contributed by atoms with E-state index in [0.717, 1.165) is 6.42 Å². The van der Waals surface area contributed by atoms with Gasteiger partial charge in [0.1, 0.15) is 29.5 Å². The topological polar surface area (TPSA) is 107 Å². The average molecular weight is 471 g/mol. The molecule has 0 aliphatic heterocycles. The fourth-order valence-electron chi connectivity index (χ4n) is 3.11. The van der Waals surface area contributed by atoms with Crippen molar-refractivity contribution in [2.24, 2.45) is 0 Å². The number of carbonyl (C=O) groups is 2. The van der Waals surface area contributed by atoms with E-state index in [1.165, 1.54) is 23.2 Å². The minimum atomic E-state index is -1.09. The second-order valence-corrected chi connectivity index (χ2v) is 8.51. The van der Waals surface area contributed by atoms with Gasteiger partial charge in [0.15, 0.2) is 0 Å². The summed E-state index contributed by atoms with van der Waals surface area (Å²) in [5.41, 5.74) is 0.352. The highest BCUT2D eigenvalue weighted by atomic mass is 32.1. The summed E-state index contributed by atoms with van der Waals surface area (Å²) in [5.74, 6) is -0.308. The van der Waals surface area contributed by atoms with E-state index >= 15 is 0 Å². The van der Waals surface area contributed by atoms with Crippen molar-refractivity contribution in [3.05, 3.63) is 70.0 Å². The molecule has 0 saturated heterocycles. The van der Waals surface area contributed by atoms with Crippen molar-refractivity contribution >= 4 is 29.0 Å². The molecule has 0 fully saturated rings. The number of rotatable bonds is 11. The number of amides is 1. The van der Waals surface area contributed by atoms with Crippen molar-refractivity contribution in [2.75, 3.05) is 19.0 Å². The number of hydrogen-bond donors (Lipinski definition) is 2. The largest absolute Gasteiger partial charge is 0.490 e. The van der Waals surface area contributed by atoms with Gasteiger partial charge in [-0.25, -0.2) is 9.78 Å². The van der Waals surface area contributed by atoms with Crippen molar-refractivity contribution in [3.63, 3.8) is 0 Å². The Morgan fingerprint density at radius 3 is 2.36 bits per heavy atom. The lowest BCUT2D eigenvalue weighted by atomic mass is 10.1. The van der Waals surface area contributed by atoms with Crippen LogP contribution in [0.4, 0.5) is 5.82 Å².